The molecule has 0 atom stereocenters. The van der Waals surface area contributed by atoms with Gasteiger partial charge in [-0.15, -0.1) is 0 Å². The van der Waals surface area contributed by atoms with Gasteiger partial charge in [-0.2, -0.15) is 0 Å². The fourth-order valence-corrected chi connectivity index (χ4v) is 1.82. The average molecular weight is 267 g/mol. The SMILES string of the molecule is CCC(=O)N(CCO)Cc1ccc(OC)cc1OC. The number of carbonyl (C=O) groups is 1. The average Bonchev–Trinajstić information content (AvgIpc) is 2.46. The number of nitrogens with zero attached hydrogens (tertiary/aromatic N) is 1. The van der Waals surface area contributed by atoms with Crippen LogP contribution >= 0.6 is 0 Å². The molecule has 0 unspecified atom stereocenters. The quantitative estimate of drug-likeness (QED) is 0.812. The third kappa shape index (κ3) is 4.13. The number of amides is 1. The molecule has 0 spiro atoms. The van der Waals surface area contributed by atoms with Crippen LogP contribution < -0.4 is 9.47 Å². The molecule has 0 heterocycles. The Kier molecular flexibility index (Phi) is 6.15. The summed E-state index contributed by atoms with van der Waals surface area (Å²) < 4.78 is 10.4. The number of ether oxygens (including phenoxy) is 2. The van der Waals surface area contributed by atoms with Crippen LogP contribution in [-0.2, 0) is 11.3 Å². The van der Waals surface area contributed by atoms with E-state index >= 15 is 0 Å². The van der Waals surface area contributed by atoms with Gasteiger partial charge < -0.3 is 19.5 Å². The zero-order valence-electron chi connectivity index (χ0n) is 11.7. The Hall–Kier alpha value is -1.75. The Morgan fingerprint density at radius 1 is 1.32 bits per heavy atom. The molecule has 0 aliphatic rings. The van der Waals surface area contributed by atoms with Crippen LogP contribution in [-0.4, -0.2) is 43.3 Å². The maximum Gasteiger partial charge on any atom is 0.222 e. The lowest BCUT2D eigenvalue weighted by Crippen LogP contribution is -2.32. The minimum absolute atomic E-state index is 0.00641. The highest BCUT2D eigenvalue weighted by Crippen LogP contribution is 2.25. The molecule has 5 nitrogen and oxygen atoms in total. The minimum atomic E-state index is -0.0514. The van der Waals surface area contributed by atoms with Crippen molar-refractivity contribution in [1.82, 2.24) is 4.90 Å². The van der Waals surface area contributed by atoms with Crippen LogP contribution in [0.3, 0.4) is 0 Å². The minimum Gasteiger partial charge on any atom is -0.497 e. The summed E-state index contributed by atoms with van der Waals surface area (Å²) in [6, 6.07) is 5.47. The summed E-state index contributed by atoms with van der Waals surface area (Å²) in [6.45, 7) is 2.49. The van der Waals surface area contributed by atoms with E-state index in [9.17, 15) is 4.79 Å². The van der Waals surface area contributed by atoms with Gasteiger partial charge in [0.05, 0.1) is 20.8 Å². The molecule has 1 aromatic rings. The molecule has 0 radical (unpaired) electrons. The number of benzene rings is 1. The van der Waals surface area contributed by atoms with Gasteiger partial charge >= 0.3 is 0 Å². The predicted molar refractivity (Wildman–Crippen MR) is 72.3 cm³/mol. The third-order valence-electron chi connectivity index (χ3n) is 2.88. The number of methoxy groups -OCH3 is 2. The first kappa shape index (κ1) is 15.3. The van der Waals surface area contributed by atoms with Crippen LogP contribution in [0.1, 0.15) is 18.9 Å². The second-order valence-electron chi connectivity index (χ2n) is 4.07. The van der Waals surface area contributed by atoms with Crippen molar-refractivity contribution in [2.24, 2.45) is 0 Å². The third-order valence-corrected chi connectivity index (χ3v) is 2.88. The second kappa shape index (κ2) is 7.63. The fourth-order valence-electron chi connectivity index (χ4n) is 1.82. The highest BCUT2D eigenvalue weighted by molar-refractivity contribution is 5.75. The zero-order chi connectivity index (χ0) is 14.3. The fraction of sp³-hybridized carbons (Fsp3) is 0.500. The first-order chi connectivity index (χ1) is 9.15. The Labute approximate surface area is 113 Å². The monoisotopic (exact) mass is 267 g/mol. The van der Waals surface area contributed by atoms with Gasteiger partial charge in [-0.3, -0.25) is 4.79 Å². The number of carbonyl (C=O) groups excluding carboxylic acids is 1. The summed E-state index contributed by atoms with van der Waals surface area (Å²) in [5.41, 5.74) is 0.888. The van der Waals surface area contributed by atoms with E-state index in [2.05, 4.69) is 0 Å². The summed E-state index contributed by atoms with van der Waals surface area (Å²) in [6.07, 6.45) is 0.415. The molecule has 19 heavy (non-hydrogen) atoms. The second-order valence-corrected chi connectivity index (χ2v) is 4.07. The highest BCUT2D eigenvalue weighted by atomic mass is 16.5. The smallest absolute Gasteiger partial charge is 0.222 e. The molecule has 1 amide bonds. The highest BCUT2D eigenvalue weighted by Gasteiger charge is 2.14. The van der Waals surface area contributed by atoms with Crippen molar-refractivity contribution in [2.75, 3.05) is 27.4 Å². The molecular formula is C14H21NO4. The van der Waals surface area contributed by atoms with Gasteiger partial charge in [0, 0.05) is 31.1 Å². The molecule has 1 N–H and O–H groups in total. The van der Waals surface area contributed by atoms with Crippen molar-refractivity contribution in [3.8, 4) is 11.5 Å². The van der Waals surface area contributed by atoms with E-state index in [0.717, 1.165) is 5.56 Å². The molecule has 1 rings (SSSR count). The lowest BCUT2D eigenvalue weighted by molar-refractivity contribution is -0.132. The van der Waals surface area contributed by atoms with Crippen LogP contribution in [0.5, 0.6) is 11.5 Å². The van der Waals surface area contributed by atoms with Crippen LogP contribution in [0.4, 0.5) is 0 Å². The van der Waals surface area contributed by atoms with Gasteiger partial charge in [0.25, 0.3) is 0 Å². The van der Waals surface area contributed by atoms with Crippen molar-refractivity contribution in [1.29, 1.82) is 0 Å². The number of aliphatic hydroxyl groups excluding tert-OH is 1. The lowest BCUT2D eigenvalue weighted by Gasteiger charge is -2.22. The molecule has 0 saturated heterocycles. The summed E-state index contributed by atoms with van der Waals surface area (Å²) in [7, 11) is 3.17. The van der Waals surface area contributed by atoms with E-state index in [1.807, 2.05) is 12.1 Å². The maximum absolute atomic E-state index is 11.8. The standard InChI is InChI=1S/C14H21NO4/c1-4-14(17)15(7-8-16)10-11-5-6-12(18-2)9-13(11)19-3/h5-6,9,16H,4,7-8,10H2,1-3H3. The molecule has 106 valence electrons. The van der Waals surface area contributed by atoms with Gasteiger partial charge in [-0.1, -0.05) is 6.92 Å². The first-order valence-electron chi connectivity index (χ1n) is 6.25. The van der Waals surface area contributed by atoms with E-state index in [1.165, 1.54) is 0 Å². The van der Waals surface area contributed by atoms with Gasteiger partial charge in [0.1, 0.15) is 11.5 Å². The van der Waals surface area contributed by atoms with Gasteiger partial charge in [0.2, 0.25) is 5.91 Å². The largest absolute Gasteiger partial charge is 0.497 e. The topological polar surface area (TPSA) is 59.0 Å². The zero-order valence-corrected chi connectivity index (χ0v) is 11.7. The molecule has 0 saturated carbocycles. The van der Waals surface area contributed by atoms with E-state index in [4.69, 9.17) is 14.6 Å². The Morgan fingerprint density at radius 2 is 2.05 bits per heavy atom. The normalized spacial score (nSPS) is 10.1. The molecule has 0 bridgehead atoms. The molecule has 0 aliphatic carbocycles. The van der Waals surface area contributed by atoms with Crippen molar-refractivity contribution in [3.63, 3.8) is 0 Å². The number of hydrogen-bond acceptors (Lipinski definition) is 4. The Balaban J connectivity index is 2.92. The maximum atomic E-state index is 11.8. The Morgan fingerprint density at radius 3 is 2.58 bits per heavy atom. The van der Waals surface area contributed by atoms with E-state index in [1.54, 1.807) is 32.1 Å². The molecule has 1 aromatic carbocycles. The van der Waals surface area contributed by atoms with Crippen molar-refractivity contribution in [3.05, 3.63) is 23.8 Å². The summed E-state index contributed by atoms with van der Waals surface area (Å²) in [4.78, 5) is 13.4. The van der Waals surface area contributed by atoms with Crippen molar-refractivity contribution in [2.45, 2.75) is 19.9 Å². The first-order valence-corrected chi connectivity index (χ1v) is 6.25. The van der Waals surface area contributed by atoms with E-state index < -0.39 is 0 Å². The molecular weight excluding hydrogens is 246 g/mol. The summed E-state index contributed by atoms with van der Waals surface area (Å²) in [5, 5.41) is 9.02. The molecule has 5 heteroatoms. The molecule has 0 aromatic heterocycles. The Bertz CT molecular complexity index is 420. The number of hydrogen-bond donors (Lipinski definition) is 1. The van der Waals surface area contributed by atoms with E-state index in [-0.39, 0.29) is 12.5 Å². The van der Waals surface area contributed by atoms with Crippen LogP contribution in [0.15, 0.2) is 18.2 Å². The molecule has 0 aliphatic heterocycles. The van der Waals surface area contributed by atoms with Gasteiger partial charge in [0.15, 0.2) is 0 Å². The molecule has 0 fully saturated rings. The van der Waals surface area contributed by atoms with Crippen molar-refractivity contribution >= 4 is 5.91 Å². The number of rotatable bonds is 7. The van der Waals surface area contributed by atoms with Gasteiger partial charge in [-0.05, 0) is 12.1 Å². The number of aliphatic hydroxyl groups is 1. The van der Waals surface area contributed by atoms with Crippen LogP contribution in [0, 0.1) is 0 Å². The van der Waals surface area contributed by atoms with Crippen LogP contribution in [0.25, 0.3) is 0 Å². The van der Waals surface area contributed by atoms with E-state index in [0.29, 0.717) is 31.0 Å². The summed E-state index contributed by atoms with van der Waals surface area (Å²) >= 11 is 0. The van der Waals surface area contributed by atoms with Crippen molar-refractivity contribution < 1.29 is 19.4 Å². The summed E-state index contributed by atoms with van der Waals surface area (Å²) in [5.74, 6) is 1.38. The lowest BCUT2D eigenvalue weighted by atomic mass is 10.1. The predicted octanol–water partition coefficient (Wildman–Crippen LogP) is 1.43. The van der Waals surface area contributed by atoms with Crippen LogP contribution in [0.2, 0.25) is 0 Å². The van der Waals surface area contributed by atoms with Gasteiger partial charge in [-0.25, -0.2) is 0 Å².